The van der Waals surface area contributed by atoms with Gasteiger partial charge in [0.2, 0.25) is 0 Å². The lowest BCUT2D eigenvalue weighted by Gasteiger charge is -2.24. The maximum Gasteiger partial charge on any atom is 0.410 e. The zero-order chi connectivity index (χ0) is 15.8. The highest BCUT2D eigenvalue weighted by molar-refractivity contribution is 5.93. The number of likely N-dealkylation sites (tertiary alicyclic amines) is 1. The molecule has 2 rings (SSSR count). The average molecular weight is 296 g/mol. The lowest BCUT2D eigenvalue weighted by Crippen LogP contribution is -2.36. The molecule has 2 atom stereocenters. The number of likely N-dealkylation sites (N-methyl/N-ethyl adjacent to an activating group) is 1. The molecule has 1 aliphatic heterocycles. The Morgan fingerprint density at radius 2 is 2.00 bits per heavy atom. The van der Waals surface area contributed by atoms with Crippen LogP contribution in [0.15, 0.2) is 11.6 Å². The van der Waals surface area contributed by atoms with E-state index in [9.17, 15) is 9.59 Å². The standard InChI is InChI=1S/C15H24N2O4/c1-15(2,3)21-14(19)17-8-11-6-10(7-12(11)9-17)13(18)16(4)20-5/h6,11-12H,7-9H2,1-5H3. The molecule has 6 nitrogen and oxygen atoms in total. The second-order valence-electron chi connectivity index (χ2n) is 6.69. The second-order valence-corrected chi connectivity index (χ2v) is 6.69. The Morgan fingerprint density at radius 3 is 2.52 bits per heavy atom. The Hall–Kier alpha value is -1.56. The van der Waals surface area contributed by atoms with Crippen LogP contribution in [-0.2, 0) is 14.4 Å². The van der Waals surface area contributed by atoms with Crippen molar-refractivity contribution in [2.45, 2.75) is 32.8 Å². The number of carbonyl (C=O) groups is 2. The number of amides is 2. The van der Waals surface area contributed by atoms with Crippen LogP contribution in [0.4, 0.5) is 4.79 Å². The van der Waals surface area contributed by atoms with E-state index in [0.29, 0.717) is 25.4 Å². The van der Waals surface area contributed by atoms with E-state index in [-0.39, 0.29) is 17.9 Å². The predicted octanol–water partition coefficient (Wildman–Crippen LogP) is 1.82. The summed E-state index contributed by atoms with van der Waals surface area (Å²) in [6, 6.07) is 0. The van der Waals surface area contributed by atoms with E-state index in [4.69, 9.17) is 9.57 Å². The molecule has 0 N–H and O–H groups in total. The molecule has 0 radical (unpaired) electrons. The molecule has 1 heterocycles. The third kappa shape index (κ3) is 3.56. The van der Waals surface area contributed by atoms with Gasteiger partial charge in [-0.2, -0.15) is 0 Å². The fourth-order valence-electron chi connectivity index (χ4n) is 2.83. The molecule has 0 aromatic rings. The highest BCUT2D eigenvalue weighted by Gasteiger charge is 2.41. The first-order chi connectivity index (χ1) is 9.71. The van der Waals surface area contributed by atoms with Crippen molar-refractivity contribution in [1.29, 1.82) is 0 Å². The molecule has 0 aromatic carbocycles. The Morgan fingerprint density at radius 1 is 1.33 bits per heavy atom. The Bertz CT molecular complexity index is 467. The number of hydroxylamine groups is 2. The summed E-state index contributed by atoms with van der Waals surface area (Å²) in [6.45, 7) is 6.84. The molecule has 2 unspecified atom stereocenters. The molecule has 1 saturated heterocycles. The molecule has 1 fully saturated rings. The number of hydrogen-bond donors (Lipinski definition) is 0. The van der Waals surface area contributed by atoms with Crippen molar-refractivity contribution in [2.24, 2.45) is 11.8 Å². The van der Waals surface area contributed by atoms with Gasteiger partial charge in [-0.3, -0.25) is 9.63 Å². The molecule has 1 aliphatic carbocycles. The number of carbonyl (C=O) groups excluding carboxylic acids is 2. The summed E-state index contributed by atoms with van der Waals surface area (Å²) >= 11 is 0. The van der Waals surface area contributed by atoms with E-state index in [2.05, 4.69) is 0 Å². The summed E-state index contributed by atoms with van der Waals surface area (Å²) in [6.07, 6.45) is 2.40. The molecule has 6 heteroatoms. The van der Waals surface area contributed by atoms with Gasteiger partial charge in [-0.1, -0.05) is 6.08 Å². The van der Waals surface area contributed by atoms with E-state index in [0.717, 1.165) is 5.57 Å². The van der Waals surface area contributed by atoms with Gasteiger partial charge < -0.3 is 9.64 Å². The van der Waals surface area contributed by atoms with Crippen molar-refractivity contribution in [2.75, 3.05) is 27.2 Å². The molecular weight excluding hydrogens is 272 g/mol. The number of ether oxygens (including phenoxy) is 1. The smallest absolute Gasteiger partial charge is 0.410 e. The van der Waals surface area contributed by atoms with Gasteiger partial charge in [0, 0.05) is 31.6 Å². The van der Waals surface area contributed by atoms with Crippen molar-refractivity contribution < 1.29 is 19.2 Å². The molecular formula is C15H24N2O4. The first-order valence-corrected chi connectivity index (χ1v) is 7.22. The summed E-state index contributed by atoms with van der Waals surface area (Å²) in [5.74, 6) is 0.444. The molecule has 2 aliphatic rings. The summed E-state index contributed by atoms with van der Waals surface area (Å²) in [7, 11) is 3.07. The Kier molecular flexibility index (Phi) is 4.27. The van der Waals surface area contributed by atoms with Gasteiger partial charge in [0.25, 0.3) is 5.91 Å². The quantitative estimate of drug-likeness (QED) is 0.729. The number of nitrogens with zero attached hydrogens (tertiary/aromatic N) is 2. The van der Waals surface area contributed by atoms with Gasteiger partial charge in [0.15, 0.2) is 0 Å². The van der Waals surface area contributed by atoms with Crippen LogP contribution in [0.3, 0.4) is 0 Å². The highest BCUT2D eigenvalue weighted by Crippen LogP contribution is 2.37. The minimum Gasteiger partial charge on any atom is -0.444 e. The SMILES string of the molecule is CON(C)C(=O)C1=CC2CN(C(=O)OC(C)(C)C)CC2C1. The minimum atomic E-state index is -0.479. The van der Waals surface area contributed by atoms with Crippen molar-refractivity contribution in [3.8, 4) is 0 Å². The predicted molar refractivity (Wildman–Crippen MR) is 77.3 cm³/mol. The van der Waals surface area contributed by atoms with Crippen LogP contribution in [0.1, 0.15) is 27.2 Å². The van der Waals surface area contributed by atoms with Crippen LogP contribution in [0.25, 0.3) is 0 Å². The monoisotopic (exact) mass is 296 g/mol. The van der Waals surface area contributed by atoms with E-state index in [1.165, 1.54) is 12.2 Å². The third-order valence-electron chi connectivity index (χ3n) is 3.88. The molecule has 21 heavy (non-hydrogen) atoms. The van der Waals surface area contributed by atoms with Crippen LogP contribution >= 0.6 is 0 Å². The first kappa shape index (κ1) is 15.8. The van der Waals surface area contributed by atoms with Gasteiger partial charge in [-0.05, 0) is 33.1 Å². The van der Waals surface area contributed by atoms with Crippen LogP contribution in [0.2, 0.25) is 0 Å². The fraction of sp³-hybridized carbons (Fsp3) is 0.733. The van der Waals surface area contributed by atoms with Crippen molar-refractivity contribution in [3.05, 3.63) is 11.6 Å². The number of fused-ring (bicyclic) bond motifs is 1. The van der Waals surface area contributed by atoms with Crippen molar-refractivity contribution in [3.63, 3.8) is 0 Å². The minimum absolute atomic E-state index is 0.101. The van der Waals surface area contributed by atoms with Gasteiger partial charge in [-0.15, -0.1) is 0 Å². The topological polar surface area (TPSA) is 59.1 Å². The molecule has 0 spiro atoms. The van der Waals surface area contributed by atoms with Gasteiger partial charge in [0.1, 0.15) is 5.60 Å². The van der Waals surface area contributed by atoms with Crippen LogP contribution in [0, 0.1) is 11.8 Å². The highest BCUT2D eigenvalue weighted by atomic mass is 16.7. The molecule has 118 valence electrons. The lowest BCUT2D eigenvalue weighted by molar-refractivity contribution is -0.164. The summed E-state index contributed by atoms with van der Waals surface area (Å²) in [5, 5.41) is 1.23. The van der Waals surface area contributed by atoms with Gasteiger partial charge >= 0.3 is 6.09 Å². The third-order valence-corrected chi connectivity index (χ3v) is 3.88. The van der Waals surface area contributed by atoms with E-state index < -0.39 is 5.60 Å². The normalized spacial score (nSPS) is 24.6. The fourth-order valence-corrected chi connectivity index (χ4v) is 2.83. The van der Waals surface area contributed by atoms with Crippen molar-refractivity contribution in [1.82, 2.24) is 9.96 Å². The molecule has 2 amide bonds. The molecule has 0 saturated carbocycles. The summed E-state index contributed by atoms with van der Waals surface area (Å²) in [5.41, 5.74) is 0.297. The molecule has 0 bridgehead atoms. The first-order valence-electron chi connectivity index (χ1n) is 7.22. The van der Waals surface area contributed by atoms with Gasteiger partial charge in [-0.25, -0.2) is 9.86 Å². The summed E-state index contributed by atoms with van der Waals surface area (Å²) in [4.78, 5) is 30.7. The second kappa shape index (κ2) is 5.67. The average Bonchev–Trinajstić information content (AvgIpc) is 2.92. The Labute approximate surface area is 125 Å². The maximum atomic E-state index is 12.0. The summed E-state index contributed by atoms with van der Waals surface area (Å²) < 4.78 is 5.39. The largest absolute Gasteiger partial charge is 0.444 e. The lowest BCUT2D eigenvalue weighted by atomic mass is 10.00. The molecule has 0 aromatic heterocycles. The van der Waals surface area contributed by atoms with E-state index in [1.54, 1.807) is 11.9 Å². The Balaban J connectivity index is 1.95. The van der Waals surface area contributed by atoms with E-state index >= 15 is 0 Å². The maximum absolute atomic E-state index is 12.0. The zero-order valence-electron chi connectivity index (χ0n) is 13.4. The van der Waals surface area contributed by atoms with E-state index in [1.807, 2.05) is 26.8 Å². The van der Waals surface area contributed by atoms with Crippen LogP contribution < -0.4 is 0 Å². The van der Waals surface area contributed by atoms with Crippen LogP contribution in [0.5, 0.6) is 0 Å². The van der Waals surface area contributed by atoms with Crippen LogP contribution in [-0.4, -0.2) is 54.8 Å². The van der Waals surface area contributed by atoms with Gasteiger partial charge in [0.05, 0.1) is 7.11 Å². The number of hydrogen-bond acceptors (Lipinski definition) is 4. The number of rotatable bonds is 2. The zero-order valence-corrected chi connectivity index (χ0v) is 13.4. The van der Waals surface area contributed by atoms with Crippen molar-refractivity contribution >= 4 is 12.0 Å².